The summed E-state index contributed by atoms with van der Waals surface area (Å²) < 4.78 is 35.7. The van der Waals surface area contributed by atoms with Crippen molar-refractivity contribution in [1.29, 1.82) is 0 Å². The third kappa shape index (κ3) is 2.21. The number of benzene rings is 1. The van der Waals surface area contributed by atoms with Crippen LogP contribution in [0.15, 0.2) is 40.0 Å². The second-order valence-electron chi connectivity index (χ2n) is 6.95. The van der Waals surface area contributed by atoms with Gasteiger partial charge in [0, 0.05) is 23.4 Å². The van der Waals surface area contributed by atoms with Crippen LogP contribution in [-0.2, 0) is 0 Å². The minimum absolute atomic E-state index is 0.105. The highest BCUT2D eigenvalue weighted by atomic mass is 19.1. The van der Waals surface area contributed by atoms with Gasteiger partial charge >= 0.3 is 0 Å². The molecule has 1 aromatic carbocycles. The maximum atomic E-state index is 14.5. The average Bonchev–Trinajstić information content (AvgIpc) is 3.34. The smallest absolute Gasteiger partial charge is 0.236 e. The predicted molar refractivity (Wildman–Crippen MR) is 97.7 cm³/mol. The van der Waals surface area contributed by atoms with E-state index in [1.165, 1.54) is 6.39 Å². The van der Waals surface area contributed by atoms with Crippen LogP contribution in [0.3, 0.4) is 0 Å². The summed E-state index contributed by atoms with van der Waals surface area (Å²) in [7, 11) is 0. The first-order chi connectivity index (χ1) is 13.0. The van der Waals surface area contributed by atoms with E-state index in [1.54, 1.807) is 23.6 Å². The topological polar surface area (TPSA) is 73.5 Å². The van der Waals surface area contributed by atoms with Crippen molar-refractivity contribution >= 4 is 22.4 Å². The van der Waals surface area contributed by atoms with Crippen molar-refractivity contribution in [1.82, 2.24) is 9.38 Å². The molecule has 1 saturated carbocycles. The van der Waals surface area contributed by atoms with E-state index in [2.05, 4.69) is 4.98 Å². The molecule has 3 heterocycles. The number of aryl methyl sites for hydroxylation is 1. The van der Waals surface area contributed by atoms with E-state index in [4.69, 9.17) is 10.2 Å². The number of halogens is 2. The van der Waals surface area contributed by atoms with Crippen LogP contribution < -0.4 is 11.2 Å². The summed E-state index contributed by atoms with van der Waals surface area (Å²) in [5.41, 5.74) is 8.30. The fourth-order valence-electron chi connectivity index (χ4n) is 3.77. The zero-order chi connectivity index (χ0) is 18.9. The zero-order valence-corrected chi connectivity index (χ0v) is 14.4. The van der Waals surface area contributed by atoms with E-state index in [9.17, 15) is 13.6 Å². The van der Waals surface area contributed by atoms with Crippen LogP contribution in [0.5, 0.6) is 0 Å². The molecular formula is C20H15F2N3O2. The molecule has 1 aliphatic carbocycles. The first-order valence-electron chi connectivity index (χ1n) is 8.63. The number of nitrogens with two attached hydrogens (primary N) is 1. The molecule has 0 amide bonds. The maximum absolute atomic E-state index is 14.5. The quantitative estimate of drug-likeness (QED) is 0.540. The van der Waals surface area contributed by atoms with Crippen LogP contribution in [0.1, 0.15) is 29.9 Å². The summed E-state index contributed by atoms with van der Waals surface area (Å²) >= 11 is 0. The number of hydrogen-bond acceptors (Lipinski definition) is 4. The number of oxazole rings is 1. The summed E-state index contributed by atoms with van der Waals surface area (Å²) in [6.45, 7) is 1.80. The Balaban J connectivity index is 1.92. The third-order valence-electron chi connectivity index (χ3n) is 5.23. The van der Waals surface area contributed by atoms with Gasteiger partial charge in [-0.15, -0.1) is 0 Å². The lowest BCUT2D eigenvalue weighted by molar-refractivity contribution is 0.585. The number of aromatic nitrogens is 2. The van der Waals surface area contributed by atoms with E-state index in [0.29, 0.717) is 27.9 Å². The molecule has 2 N–H and O–H groups in total. The second kappa shape index (κ2) is 5.39. The minimum Gasteiger partial charge on any atom is -0.426 e. The van der Waals surface area contributed by atoms with Gasteiger partial charge in [0.1, 0.15) is 11.6 Å². The Morgan fingerprint density at radius 3 is 2.74 bits per heavy atom. The molecule has 0 saturated heterocycles. The molecule has 4 aromatic rings. The Morgan fingerprint density at radius 1 is 1.22 bits per heavy atom. The van der Waals surface area contributed by atoms with Gasteiger partial charge < -0.3 is 10.2 Å². The van der Waals surface area contributed by atoms with Crippen LogP contribution >= 0.6 is 0 Å². The number of hydrogen-bond donors (Lipinski definition) is 1. The van der Waals surface area contributed by atoms with Crippen LogP contribution in [0.4, 0.5) is 14.5 Å². The molecule has 0 spiro atoms. The van der Waals surface area contributed by atoms with Crippen molar-refractivity contribution in [3.05, 3.63) is 63.8 Å². The van der Waals surface area contributed by atoms with Gasteiger partial charge in [-0.1, -0.05) is 0 Å². The molecule has 1 aliphatic rings. The number of nitrogens with zero attached hydrogens (tertiary/aromatic N) is 2. The third-order valence-corrected chi connectivity index (χ3v) is 5.23. The predicted octanol–water partition coefficient (Wildman–Crippen LogP) is 4.15. The molecule has 0 aliphatic heterocycles. The number of fused-ring (bicyclic) bond motifs is 3. The van der Waals surface area contributed by atoms with Gasteiger partial charge in [0.25, 0.3) is 0 Å². The molecule has 5 nitrogen and oxygen atoms in total. The number of anilines is 1. The lowest BCUT2D eigenvalue weighted by atomic mass is 9.96. The van der Waals surface area contributed by atoms with Crippen molar-refractivity contribution < 1.29 is 13.2 Å². The zero-order valence-electron chi connectivity index (χ0n) is 14.4. The Bertz CT molecular complexity index is 1300. The molecule has 0 atom stereocenters. The molecular weight excluding hydrogens is 352 g/mol. The molecule has 7 heteroatoms. The Morgan fingerprint density at radius 2 is 2.00 bits per heavy atom. The van der Waals surface area contributed by atoms with E-state index in [1.807, 2.05) is 0 Å². The number of rotatable bonds is 2. The first-order valence-corrected chi connectivity index (χ1v) is 8.63. The lowest BCUT2D eigenvalue weighted by Crippen LogP contribution is -2.14. The average molecular weight is 367 g/mol. The molecule has 0 bridgehead atoms. The lowest BCUT2D eigenvalue weighted by Gasteiger charge is -2.15. The van der Waals surface area contributed by atoms with Gasteiger partial charge in [-0.25, -0.2) is 13.8 Å². The fraction of sp³-hybridized carbons (Fsp3) is 0.200. The molecule has 1 fully saturated rings. The largest absolute Gasteiger partial charge is 0.426 e. The Hall–Kier alpha value is -3.22. The van der Waals surface area contributed by atoms with Gasteiger partial charge in [0.2, 0.25) is 11.1 Å². The van der Waals surface area contributed by atoms with Crippen molar-refractivity contribution in [2.24, 2.45) is 0 Å². The molecule has 0 radical (unpaired) electrons. The van der Waals surface area contributed by atoms with Crippen LogP contribution in [0.25, 0.3) is 27.9 Å². The Labute approximate surface area is 152 Å². The van der Waals surface area contributed by atoms with Gasteiger partial charge in [-0.05, 0) is 48.9 Å². The van der Waals surface area contributed by atoms with E-state index < -0.39 is 11.6 Å². The summed E-state index contributed by atoms with van der Waals surface area (Å²) in [4.78, 5) is 17.0. The second-order valence-corrected chi connectivity index (χ2v) is 6.95. The van der Waals surface area contributed by atoms with E-state index in [0.717, 1.165) is 25.0 Å². The normalized spacial score (nSPS) is 14.3. The highest BCUT2D eigenvalue weighted by molar-refractivity contribution is 5.84. The maximum Gasteiger partial charge on any atom is 0.236 e. The van der Waals surface area contributed by atoms with Crippen molar-refractivity contribution in [3.8, 4) is 11.1 Å². The van der Waals surface area contributed by atoms with Gasteiger partial charge in [-0.3, -0.25) is 9.20 Å². The molecule has 3 aromatic heterocycles. The monoisotopic (exact) mass is 367 g/mol. The molecule has 5 rings (SSSR count). The summed E-state index contributed by atoms with van der Waals surface area (Å²) in [6.07, 6.45) is 4.78. The Kier molecular flexibility index (Phi) is 3.19. The van der Waals surface area contributed by atoms with Crippen molar-refractivity contribution in [2.45, 2.75) is 25.7 Å². The van der Waals surface area contributed by atoms with Crippen molar-refractivity contribution in [3.63, 3.8) is 0 Å². The van der Waals surface area contributed by atoms with E-state index in [-0.39, 0.29) is 28.1 Å². The van der Waals surface area contributed by atoms with Gasteiger partial charge in [0.05, 0.1) is 11.2 Å². The summed E-state index contributed by atoms with van der Waals surface area (Å²) in [5.74, 6) is -1.15. The molecule has 136 valence electrons. The van der Waals surface area contributed by atoms with Crippen molar-refractivity contribution in [2.75, 3.05) is 5.73 Å². The highest BCUT2D eigenvalue weighted by Crippen LogP contribution is 2.43. The number of nitrogen functional groups attached to an aromatic ring is 1. The van der Waals surface area contributed by atoms with E-state index >= 15 is 0 Å². The van der Waals surface area contributed by atoms with Crippen LogP contribution in [0.2, 0.25) is 0 Å². The molecule has 27 heavy (non-hydrogen) atoms. The highest BCUT2D eigenvalue weighted by Gasteiger charge is 2.31. The first kappa shape index (κ1) is 16.0. The van der Waals surface area contributed by atoms with Crippen LogP contribution in [-0.4, -0.2) is 9.38 Å². The summed E-state index contributed by atoms with van der Waals surface area (Å²) in [6, 6.07) is 3.74. The molecule has 0 unspecified atom stereocenters. The summed E-state index contributed by atoms with van der Waals surface area (Å²) in [5, 5.41) is 0. The fourth-order valence-corrected chi connectivity index (χ4v) is 3.77. The number of pyridine rings is 2. The van der Waals surface area contributed by atoms with Gasteiger partial charge in [-0.2, -0.15) is 0 Å². The SMILES string of the molecule is Cc1c(-c2cc(F)c(N)cc2F)ccn2c1c(C1CC1)c(=O)c1ncoc12. The minimum atomic E-state index is -0.684. The standard InChI is InChI=1S/C20H15F2N3O2/c1-9-11(12-6-14(22)15(23)7-13(12)21)4-5-25-18(9)16(10-2-3-10)19(26)17-20(25)27-8-24-17/h4-8,10H,2-3,23H2,1H3. The van der Waals surface area contributed by atoms with Crippen LogP contribution in [0, 0.1) is 18.6 Å². The van der Waals surface area contributed by atoms with Gasteiger partial charge in [0.15, 0.2) is 11.9 Å².